The molecular formula is C11H21NO2. The highest BCUT2D eigenvalue weighted by Crippen LogP contribution is 2.04. The summed E-state index contributed by atoms with van der Waals surface area (Å²) in [7, 11) is 1.86. The fourth-order valence-electron chi connectivity index (χ4n) is 0.885. The fraction of sp³-hybridized carbons (Fsp3) is 0.727. The van der Waals surface area contributed by atoms with E-state index in [-0.39, 0.29) is 18.1 Å². The summed E-state index contributed by atoms with van der Waals surface area (Å²) < 4.78 is 5.17. The Labute approximate surface area is 86.5 Å². The van der Waals surface area contributed by atoms with Gasteiger partial charge < -0.3 is 10.1 Å². The lowest BCUT2D eigenvalue weighted by Gasteiger charge is -2.12. The first-order valence-corrected chi connectivity index (χ1v) is 5.07. The number of carbonyl (C=O) groups is 1. The normalized spacial score (nSPS) is 16.2. The lowest BCUT2D eigenvalue weighted by atomic mass is 10.2. The maximum atomic E-state index is 11.4. The van der Waals surface area contributed by atoms with E-state index in [4.69, 9.17) is 4.74 Å². The quantitative estimate of drug-likeness (QED) is 0.542. The molecule has 0 radical (unpaired) electrons. The maximum Gasteiger partial charge on any atom is 0.333 e. The molecule has 0 fully saturated rings. The molecular weight excluding hydrogens is 178 g/mol. The number of carbonyl (C=O) groups excluding carboxylic acids is 1. The predicted octanol–water partition coefficient (Wildman–Crippen LogP) is 1.88. The van der Waals surface area contributed by atoms with Crippen LogP contribution in [-0.2, 0) is 9.53 Å². The monoisotopic (exact) mass is 199 g/mol. The zero-order valence-electron chi connectivity index (χ0n) is 9.76. The van der Waals surface area contributed by atoms with E-state index in [0.29, 0.717) is 5.57 Å². The number of nitrogens with one attached hydrogen (secondary N) is 1. The topological polar surface area (TPSA) is 38.3 Å². The second-order valence-corrected chi connectivity index (χ2v) is 3.55. The first-order chi connectivity index (χ1) is 6.51. The van der Waals surface area contributed by atoms with Gasteiger partial charge in [-0.15, -0.1) is 0 Å². The highest BCUT2D eigenvalue weighted by molar-refractivity contribution is 5.87. The molecule has 0 rings (SSSR count). The minimum atomic E-state index is -0.221. The molecule has 0 saturated heterocycles. The van der Waals surface area contributed by atoms with E-state index in [1.165, 1.54) is 0 Å². The van der Waals surface area contributed by atoms with Gasteiger partial charge in [-0.2, -0.15) is 0 Å². The lowest BCUT2D eigenvalue weighted by Crippen LogP contribution is -2.21. The van der Waals surface area contributed by atoms with Crippen molar-refractivity contribution in [1.29, 1.82) is 0 Å². The van der Waals surface area contributed by atoms with Crippen LogP contribution in [0.4, 0.5) is 0 Å². The minimum Gasteiger partial charge on any atom is -0.459 e. The number of likely N-dealkylation sites (N-methyl/N-ethyl adjacent to an activating group) is 1. The highest BCUT2D eigenvalue weighted by atomic mass is 16.5. The average molecular weight is 199 g/mol. The molecule has 3 heteroatoms. The van der Waals surface area contributed by atoms with Crippen LogP contribution >= 0.6 is 0 Å². The summed E-state index contributed by atoms with van der Waals surface area (Å²) in [5, 5.41) is 3.03. The summed E-state index contributed by atoms with van der Waals surface area (Å²) in [6, 6.07) is 0.194. The van der Waals surface area contributed by atoms with E-state index < -0.39 is 0 Å². The van der Waals surface area contributed by atoms with Crippen LogP contribution in [0.5, 0.6) is 0 Å². The number of hydrogen-bond acceptors (Lipinski definition) is 3. The zero-order valence-corrected chi connectivity index (χ0v) is 9.76. The van der Waals surface area contributed by atoms with Crippen molar-refractivity contribution in [2.75, 3.05) is 7.05 Å². The van der Waals surface area contributed by atoms with Crippen LogP contribution in [0, 0.1) is 0 Å². The van der Waals surface area contributed by atoms with Crippen molar-refractivity contribution in [2.45, 2.75) is 46.3 Å². The van der Waals surface area contributed by atoms with Crippen molar-refractivity contribution in [3.05, 3.63) is 11.6 Å². The summed E-state index contributed by atoms with van der Waals surface area (Å²) in [5.41, 5.74) is 0.659. The van der Waals surface area contributed by atoms with Gasteiger partial charge in [-0.25, -0.2) is 4.79 Å². The first-order valence-electron chi connectivity index (χ1n) is 5.07. The Bertz CT molecular complexity index is 211. The van der Waals surface area contributed by atoms with Gasteiger partial charge in [-0.1, -0.05) is 13.0 Å². The Morgan fingerprint density at radius 2 is 2.07 bits per heavy atom. The number of rotatable bonds is 5. The largest absolute Gasteiger partial charge is 0.459 e. The van der Waals surface area contributed by atoms with E-state index in [2.05, 4.69) is 5.32 Å². The molecule has 0 aromatic carbocycles. The van der Waals surface area contributed by atoms with E-state index in [1.54, 1.807) is 6.92 Å². The molecule has 0 aliphatic carbocycles. The molecule has 14 heavy (non-hydrogen) atoms. The summed E-state index contributed by atoms with van der Waals surface area (Å²) in [6.07, 6.45) is 2.71. The van der Waals surface area contributed by atoms with Gasteiger partial charge in [0, 0.05) is 11.6 Å². The van der Waals surface area contributed by atoms with Gasteiger partial charge >= 0.3 is 5.97 Å². The van der Waals surface area contributed by atoms with Crippen LogP contribution in [0.25, 0.3) is 0 Å². The summed E-state index contributed by atoms with van der Waals surface area (Å²) in [4.78, 5) is 11.4. The van der Waals surface area contributed by atoms with Crippen LogP contribution in [0.3, 0.4) is 0 Å². The Kier molecular flexibility index (Phi) is 6.21. The van der Waals surface area contributed by atoms with Crippen LogP contribution in [0.15, 0.2) is 11.6 Å². The number of ether oxygens (including phenoxy) is 1. The van der Waals surface area contributed by atoms with Crippen molar-refractivity contribution in [3.8, 4) is 0 Å². The van der Waals surface area contributed by atoms with Gasteiger partial charge in [0.2, 0.25) is 0 Å². The Morgan fingerprint density at radius 1 is 1.50 bits per heavy atom. The van der Waals surface area contributed by atoms with Crippen LogP contribution in [0.2, 0.25) is 0 Å². The third kappa shape index (κ3) is 5.02. The SMILES string of the molecule is CCC(C)OC(=O)C(C)=CC(C)NC. The van der Waals surface area contributed by atoms with Crippen molar-refractivity contribution in [2.24, 2.45) is 0 Å². The third-order valence-electron chi connectivity index (χ3n) is 2.16. The van der Waals surface area contributed by atoms with E-state index in [1.807, 2.05) is 33.9 Å². The molecule has 1 N–H and O–H groups in total. The molecule has 82 valence electrons. The van der Waals surface area contributed by atoms with Gasteiger partial charge in [0.05, 0.1) is 6.10 Å². The van der Waals surface area contributed by atoms with E-state index in [0.717, 1.165) is 6.42 Å². The molecule has 2 atom stereocenters. The number of hydrogen-bond donors (Lipinski definition) is 1. The van der Waals surface area contributed by atoms with Gasteiger partial charge in [0.15, 0.2) is 0 Å². The molecule has 0 spiro atoms. The van der Waals surface area contributed by atoms with Crippen LogP contribution in [-0.4, -0.2) is 25.2 Å². The van der Waals surface area contributed by atoms with Crippen LogP contribution in [0.1, 0.15) is 34.1 Å². The average Bonchev–Trinajstić information content (AvgIpc) is 2.17. The van der Waals surface area contributed by atoms with E-state index >= 15 is 0 Å². The predicted molar refractivity (Wildman–Crippen MR) is 58.1 cm³/mol. The van der Waals surface area contributed by atoms with E-state index in [9.17, 15) is 4.79 Å². The summed E-state index contributed by atoms with van der Waals surface area (Å²) in [6.45, 7) is 7.65. The van der Waals surface area contributed by atoms with Crippen molar-refractivity contribution in [3.63, 3.8) is 0 Å². The molecule has 0 bridgehead atoms. The van der Waals surface area contributed by atoms with Gasteiger partial charge in [-0.05, 0) is 34.2 Å². The molecule has 0 aromatic heterocycles. The summed E-state index contributed by atoms with van der Waals surface area (Å²) in [5.74, 6) is -0.221. The van der Waals surface area contributed by atoms with Crippen LogP contribution < -0.4 is 5.32 Å². The van der Waals surface area contributed by atoms with Gasteiger partial charge in [0.1, 0.15) is 0 Å². The molecule has 0 heterocycles. The summed E-state index contributed by atoms with van der Waals surface area (Å²) >= 11 is 0. The van der Waals surface area contributed by atoms with Gasteiger partial charge in [0.25, 0.3) is 0 Å². The molecule has 3 nitrogen and oxygen atoms in total. The number of esters is 1. The van der Waals surface area contributed by atoms with Crippen molar-refractivity contribution < 1.29 is 9.53 Å². The Balaban J connectivity index is 4.18. The second-order valence-electron chi connectivity index (χ2n) is 3.55. The first kappa shape index (κ1) is 13.2. The molecule has 0 aliphatic rings. The zero-order chi connectivity index (χ0) is 11.1. The molecule has 0 amide bonds. The minimum absolute atomic E-state index is 0.00394. The molecule has 0 aliphatic heterocycles. The molecule has 0 saturated carbocycles. The maximum absolute atomic E-state index is 11.4. The molecule has 2 unspecified atom stereocenters. The smallest absolute Gasteiger partial charge is 0.333 e. The fourth-order valence-corrected chi connectivity index (χ4v) is 0.885. The standard InChI is InChI=1S/C11H21NO2/c1-6-10(4)14-11(13)8(2)7-9(3)12-5/h7,9-10,12H,6H2,1-5H3. The molecule has 0 aromatic rings. The second kappa shape index (κ2) is 6.60. The van der Waals surface area contributed by atoms with Crippen molar-refractivity contribution >= 4 is 5.97 Å². The third-order valence-corrected chi connectivity index (χ3v) is 2.16. The lowest BCUT2D eigenvalue weighted by molar-refractivity contribution is -0.143. The van der Waals surface area contributed by atoms with Gasteiger partial charge in [-0.3, -0.25) is 0 Å². The van der Waals surface area contributed by atoms with Crippen molar-refractivity contribution in [1.82, 2.24) is 5.32 Å². The Morgan fingerprint density at radius 3 is 2.50 bits per heavy atom. The highest BCUT2D eigenvalue weighted by Gasteiger charge is 2.10. The Hall–Kier alpha value is -0.830.